The molecule has 4 aromatic rings. The second-order valence-corrected chi connectivity index (χ2v) is 10.2. The Morgan fingerprint density at radius 2 is 1.43 bits per heavy atom. The van der Waals surface area contributed by atoms with Crippen molar-refractivity contribution in [3.05, 3.63) is 113 Å². The summed E-state index contributed by atoms with van der Waals surface area (Å²) in [5.41, 5.74) is 4.45. The predicted octanol–water partition coefficient (Wildman–Crippen LogP) is 7.10. The first-order chi connectivity index (χ1) is 17.8. The molecule has 7 heteroatoms. The normalized spacial score (nSPS) is 15.1. The van der Waals surface area contributed by atoms with E-state index in [1.54, 1.807) is 18.2 Å². The number of para-hydroxylation sites is 1. The second kappa shape index (κ2) is 10.2. The smallest absolute Gasteiger partial charge is 0.270 e. The van der Waals surface area contributed by atoms with Gasteiger partial charge in [0.1, 0.15) is 11.3 Å². The minimum atomic E-state index is -0.495. The minimum Gasteiger partial charge on any atom is -0.450 e. The molecule has 1 aliphatic heterocycles. The van der Waals surface area contributed by atoms with Crippen LogP contribution in [0, 0.1) is 20.8 Å². The molecule has 5 nitrogen and oxygen atoms in total. The van der Waals surface area contributed by atoms with E-state index in [0.29, 0.717) is 22.2 Å². The number of hydrogen-bond donors (Lipinski definition) is 0. The molecule has 2 amide bonds. The number of thiocarbonyl (C=S) groups is 1. The van der Waals surface area contributed by atoms with Gasteiger partial charge in [-0.15, -0.1) is 0 Å². The molecule has 2 heterocycles. The monoisotopic (exact) mass is 524 g/mol. The van der Waals surface area contributed by atoms with Crippen LogP contribution in [0.4, 0.5) is 11.4 Å². The number of hydrogen-bond acceptors (Lipinski definition) is 5. The zero-order valence-electron chi connectivity index (χ0n) is 20.6. The van der Waals surface area contributed by atoms with Crippen LogP contribution in [-0.4, -0.2) is 16.9 Å². The van der Waals surface area contributed by atoms with Crippen molar-refractivity contribution in [2.75, 3.05) is 9.80 Å². The molecule has 0 atom stereocenters. The highest BCUT2D eigenvalue weighted by molar-refractivity contribution is 7.99. The van der Waals surface area contributed by atoms with Crippen molar-refractivity contribution in [2.24, 2.45) is 0 Å². The average Bonchev–Trinajstić information content (AvgIpc) is 3.33. The van der Waals surface area contributed by atoms with Gasteiger partial charge in [0.25, 0.3) is 11.8 Å². The summed E-state index contributed by atoms with van der Waals surface area (Å²) in [5, 5.41) is 0.768. The maximum Gasteiger partial charge on any atom is 0.270 e. The maximum atomic E-state index is 13.7. The predicted molar refractivity (Wildman–Crippen MR) is 152 cm³/mol. The van der Waals surface area contributed by atoms with Gasteiger partial charge in [0, 0.05) is 4.90 Å². The lowest BCUT2D eigenvalue weighted by Gasteiger charge is -2.36. The third-order valence-electron chi connectivity index (χ3n) is 6.14. The molecule has 0 aliphatic carbocycles. The van der Waals surface area contributed by atoms with Crippen molar-refractivity contribution < 1.29 is 14.0 Å². The van der Waals surface area contributed by atoms with Crippen LogP contribution in [-0.2, 0) is 9.59 Å². The molecule has 1 saturated heterocycles. The molecule has 1 fully saturated rings. The number of aryl methyl sites for hydroxylation is 3. The molecule has 0 N–H and O–H groups in total. The molecule has 184 valence electrons. The fourth-order valence-electron chi connectivity index (χ4n) is 3.96. The molecule has 0 radical (unpaired) electrons. The summed E-state index contributed by atoms with van der Waals surface area (Å²) in [6.07, 6.45) is 1.50. The van der Waals surface area contributed by atoms with Crippen molar-refractivity contribution in [3.63, 3.8) is 0 Å². The number of benzene rings is 3. The van der Waals surface area contributed by atoms with Crippen LogP contribution in [0.1, 0.15) is 22.5 Å². The van der Waals surface area contributed by atoms with Crippen molar-refractivity contribution in [3.8, 4) is 0 Å². The van der Waals surface area contributed by atoms with Gasteiger partial charge in [0.2, 0.25) is 0 Å². The molecule has 0 bridgehead atoms. The molecule has 0 unspecified atom stereocenters. The van der Waals surface area contributed by atoms with E-state index in [4.69, 9.17) is 16.6 Å². The molecular formula is C30H24N2O3S2. The number of rotatable bonds is 5. The van der Waals surface area contributed by atoms with Gasteiger partial charge in [-0.2, -0.15) is 0 Å². The highest BCUT2D eigenvalue weighted by Gasteiger charge is 2.41. The summed E-state index contributed by atoms with van der Waals surface area (Å²) in [5.74, 6) is -0.577. The van der Waals surface area contributed by atoms with Crippen molar-refractivity contribution in [2.45, 2.75) is 30.8 Å². The standard InChI is InChI=1S/C30H24N2O3S2/c1-19-9-14-25(15-10-19)37-27-16-13-24(35-27)18-26-28(33)31(22-7-5-4-6-8-22)30(36)32(29(26)34)23-12-11-20(2)21(3)17-23/h4-18H,1-3H3/b26-18-. The maximum absolute atomic E-state index is 13.7. The molecule has 0 spiro atoms. The van der Waals surface area contributed by atoms with Gasteiger partial charge in [0.05, 0.1) is 11.4 Å². The van der Waals surface area contributed by atoms with Gasteiger partial charge in [-0.05, 0) is 98.7 Å². The summed E-state index contributed by atoms with van der Waals surface area (Å²) < 4.78 is 5.97. The lowest BCUT2D eigenvalue weighted by atomic mass is 10.1. The summed E-state index contributed by atoms with van der Waals surface area (Å²) in [7, 11) is 0. The third-order valence-corrected chi connectivity index (χ3v) is 7.43. The average molecular weight is 525 g/mol. The van der Waals surface area contributed by atoms with E-state index in [1.807, 2.05) is 87.5 Å². The minimum absolute atomic E-state index is 0.0306. The summed E-state index contributed by atoms with van der Waals surface area (Å²) in [6.45, 7) is 6.02. The quantitative estimate of drug-likeness (QED) is 0.158. The number of anilines is 2. The van der Waals surface area contributed by atoms with Gasteiger partial charge in [-0.3, -0.25) is 19.4 Å². The number of carbonyl (C=O) groups excluding carboxylic acids is 2. The van der Waals surface area contributed by atoms with Gasteiger partial charge in [0.15, 0.2) is 10.2 Å². The molecule has 1 aliphatic rings. The van der Waals surface area contributed by atoms with E-state index in [9.17, 15) is 9.59 Å². The molecule has 3 aromatic carbocycles. The number of carbonyl (C=O) groups is 2. The zero-order valence-corrected chi connectivity index (χ0v) is 22.2. The van der Waals surface area contributed by atoms with Gasteiger partial charge in [-0.1, -0.05) is 53.7 Å². The summed E-state index contributed by atoms with van der Waals surface area (Å²) in [4.78, 5) is 31.2. The van der Waals surface area contributed by atoms with Gasteiger partial charge >= 0.3 is 0 Å². The highest BCUT2D eigenvalue weighted by Crippen LogP contribution is 2.33. The van der Waals surface area contributed by atoms with E-state index in [0.717, 1.165) is 16.0 Å². The fourth-order valence-corrected chi connectivity index (χ4v) is 5.11. The van der Waals surface area contributed by atoms with E-state index < -0.39 is 11.8 Å². The highest BCUT2D eigenvalue weighted by atomic mass is 32.2. The molecule has 1 aromatic heterocycles. The molecule has 37 heavy (non-hydrogen) atoms. The van der Waals surface area contributed by atoms with E-state index >= 15 is 0 Å². The van der Waals surface area contributed by atoms with Crippen molar-refractivity contribution in [1.82, 2.24) is 0 Å². The Balaban J connectivity index is 1.54. The van der Waals surface area contributed by atoms with E-state index in [2.05, 4.69) is 0 Å². The van der Waals surface area contributed by atoms with E-state index in [1.165, 1.54) is 33.2 Å². The Hall–Kier alpha value is -3.94. The Kier molecular flexibility index (Phi) is 6.82. The summed E-state index contributed by atoms with van der Waals surface area (Å²) in [6, 6.07) is 26.5. The first kappa shape index (κ1) is 24.7. The Morgan fingerprint density at radius 3 is 2.11 bits per heavy atom. The zero-order chi connectivity index (χ0) is 26.1. The van der Waals surface area contributed by atoms with Crippen molar-refractivity contribution in [1.29, 1.82) is 0 Å². The van der Waals surface area contributed by atoms with Crippen LogP contribution in [0.25, 0.3) is 6.08 Å². The van der Waals surface area contributed by atoms with Crippen LogP contribution < -0.4 is 9.80 Å². The molecular weight excluding hydrogens is 500 g/mol. The number of amides is 2. The van der Waals surface area contributed by atoms with Crippen LogP contribution >= 0.6 is 24.0 Å². The van der Waals surface area contributed by atoms with Gasteiger partial charge < -0.3 is 4.42 Å². The van der Waals surface area contributed by atoms with E-state index in [-0.39, 0.29) is 10.7 Å². The van der Waals surface area contributed by atoms with Crippen LogP contribution in [0.5, 0.6) is 0 Å². The second-order valence-electron chi connectivity index (χ2n) is 8.80. The first-order valence-electron chi connectivity index (χ1n) is 11.7. The summed E-state index contributed by atoms with van der Waals surface area (Å²) >= 11 is 7.17. The Morgan fingerprint density at radius 1 is 0.757 bits per heavy atom. The number of nitrogens with zero attached hydrogens (tertiary/aromatic N) is 2. The lowest BCUT2D eigenvalue weighted by Crippen LogP contribution is -2.57. The van der Waals surface area contributed by atoms with Crippen molar-refractivity contribution >= 4 is 58.4 Å². The SMILES string of the molecule is Cc1ccc(Sc2ccc(/C=C3/C(=O)N(c4ccccc4)C(=S)N(c4ccc(C)c(C)c4)C3=O)o2)cc1. The number of furan rings is 1. The Bertz CT molecular complexity index is 1540. The van der Waals surface area contributed by atoms with Gasteiger partial charge in [-0.25, -0.2) is 0 Å². The third kappa shape index (κ3) is 5.01. The lowest BCUT2D eigenvalue weighted by molar-refractivity contribution is -0.120. The largest absolute Gasteiger partial charge is 0.450 e. The van der Waals surface area contributed by atoms with Crippen LogP contribution in [0.3, 0.4) is 0 Å². The molecule has 5 rings (SSSR count). The van der Waals surface area contributed by atoms with Crippen LogP contribution in [0.2, 0.25) is 0 Å². The van der Waals surface area contributed by atoms with Crippen LogP contribution in [0.15, 0.2) is 105 Å². The first-order valence-corrected chi connectivity index (χ1v) is 13.0. The Labute approximate surface area is 225 Å². The molecule has 0 saturated carbocycles. The topological polar surface area (TPSA) is 53.8 Å². The fraction of sp³-hybridized carbons (Fsp3) is 0.100.